The Bertz CT molecular complexity index is 545. The Balaban J connectivity index is 2.23. The highest BCUT2D eigenvalue weighted by Crippen LogP contribution is 2.26. The highest BCUT2D eigenvalue weighted by molar-refractivity contribution is 6.31. The van der Waals surface area contributed by atoms with Crippen molar-refractivity contribution in [1.29, 1.82) is 0 Å². The van der Waals surface area contributed by atoms with Gasteiger partial charge in [-0.1, -0.05) is 23.2 Å². The predicted molar refractivity (Wildman–Crippen MR) is 66.4 cm³/mol. The van der Waals surface area contributed by atoms with Crippen LogP contribution in [0, 0.1) is 0 Å². The van der Waals surface area contributed by atoms with Crippen molar-refractivity contribution in [3.63, 3.8) is 0 Å². The first kappa shape index (κ1) is 12.9. The molecule has 0 saturated heterocycles. The van der Waals surface area contributed by atoms with E-state index in [9.17, 15) is 4.79 Å². The summed E-state index contributed by atoms with van der Waals surface area (Å²) >= 11 is 11.7. The van der Waals surface area contributed by atoms with Crippen molar-refractivity contribution >= 4 is 29.7 Å². The number of aromatic nitrogens is 3. The van der Waals surface area contributed by atoms with Gasteiger partial charge in [-0.15, -0.1) is 0 Å². The highest BCUT2D eigenvalue weighted by atomic mass is 35.5. The van der Waals surface area contributed by atoms with E-state index in [0.717, 1.165) is 5.69 Å². The van der Waals surface area contributed by atoms with Gasteiger partial charge < -0.3 is 4.74 Å². The van der Waals surface area contributed by atoms with Crippen LogP contribution in [-0.4, -0.2) is 21.7 Å². The fraction of sp³-hybridized carbons (Fsp3) is 0.182. The maximum Gasteiger partial charge on any atom is 0.293 e. The van der Waals surface area contributed by atoms with E-state index in [-0.39, 0.29) is 0 Å². The average molecular weight is 286 g/mol. The molecule has 0 aliphatic carbocycles. The molecular weight excluding hydrogens is 277 g/mol. The first-order valence-electron chi connectivity index (χ1n) is 5.10. The summed E-state index contributed by atoms with van der Waals surface area (Å²) in [6.07, 6.45) is 1.38. The molecular formula is C11H9Cl2N3O2. The van der Waals surface area contributed by atoms with Gasteiger partial charge in [-0.25, -0.2) is 0 Å². The Labute approximate surface area is 113 Å². The van der Waals surface area contributed by atoms with E-state index in [1.165, 1.54) is 0 Å². The zero-order valence-corrected chi connectivity index (χ0v) is 10.6. The van der Waals surface area contributed by atoms with Crippen molar-refractivity contribution < 1.29 is 9.53 Å². The minimum atomic E-state index is -0.576. The Morgan fingerprint density at radius 2 is 2.33 bits per heavy atom. The van der Waals surface area contributed by atoms with Gasteiger partial charge in [0.05, 0.1) is 10.7 Å². The first-order chi connectivity index (χ1) is 8.70. The van der Waals surface area contributed by atoms with Crippen LogP contribution in [0.3, 0.4) is 0 Å². The molecule has 2 heterocycles. The molecule has 0 fully saturated rings. The molecule has 5 nitrogen and oxygen atoms in total. The van der Waals surface area contributed by atoms with Crippen molar-refractivity contribution in [3.8, 4) is 0 Å². The topological polar surface area (TPSA) is 67.9 Å². The second kappa shape index (κ2) is 5.84. The number of hydrogen-bond donors (Lipinski definition) is 1. The summed E-state index contributed by atoms with van der Waals surface area (Å²) in [6.45, 7) is 0.369. The van der Waals surface area contributed by atoms with Gasteiger partial charge in [0, 0.05) is 18.3 Å². The number of pyridine rings is 1. The molecule has 0 saturated carbocycles. The molecule has 2 rings (SSSR count). The third-order valence-electron chi connectivity index (χ3n) is 2.32. The van der Waals surface area contributed by atoms with Crippen LogP contribution in [0.1, 0.15) is 17.5 Å². The highest BCUT2D eigenvalue weighted by Gasteiger charge is 2.19. The van der Waals surface area contributed by atoms with E-state index in [1.54, 1.807) is 24.4 Å². The van der Waals surface area contributed by atoms with Crippen LogP contribution in [-0.2, 0) is 16.0 Å². The first-order valence-corrected chi connectivity index (χ1v) is 5.85. The molecule has 2 aromatic rings. The SMILES string of the molecule is O=COC(Cc1cc(Cl)n[nH]1)c1ncccc1Cl. The lowest BCUT2D eigenvalue weighted by molar-refractivity contribution is -0.134. The third kappa shape index (κ3) is 3.00. The maximum absolute atomic E-state index is 10.6. The van der Waals surface area contributed by atoms with Gasteiger partial charge >= 0.3 is 0 Å². The molecule has 18 heavy (non-hydrogen) atoms. The summed E-state index contributed by atoms with van der Waals surface area (Å²) in [4.78, 5) is 14.7. The van der Waals surface area contributed by atoms with Crippen LogP contribution >= 0.6 is 23.2 Å². The Morgan fingerprint density at radius 1 is 1.50 bits per heavy atom. The predicted octanol–water partition coefficient (Wildman–Crippen LogP) is 2.57. The van der Waals surface area contributed by atoms with Crippen LogP contribution in [0.2, 0.25) is 10.2 Å². The standard InChI is InChI=1S/C11H9Cl2N3O2/c12-8-2-1-3-14-11(8)9(18-6-17)4-7-5-10(13)16-15-7/h1-3,5-6,9H,4H2,(H,15,16). The normalized spacial score (nSPS) is 12.1. The van der Waals surface area contributed by atoms with Crippen molar-refractivity contribution in [2.24, 2.45) is 0 Å². The second-order valence-electron chi connectivity index (χ2n) is 3.51. The Kier molecular flexibility index (Phi) is 4.17. The zero-order chi connectivity index (χ0) is 13.0. The van der Waals surface area contributed by atoms with E-state index in [4.69, 9.17) is 27.9 Å². The lowest BCUT2D eigenvalue weighted by atomic mass is 10.1. The second-order valence-corrected chi connectivity index (χ2v) is 4.31. The summed E-state index contributed by atoms with van der Waals surface area (Å²) in [5.41, 5.74) is 1.23. The number of nitrogens with zero attached hydrogens (tertiary/aromatic N) is 2. The van der Waals surface area contributed by atoms with Gasteiger partial charge in [0.1, 0.15) is 0 Å². The van der Waals surface area contributed by atoms with Crippen LogP contribution in [0.25, 0.3) is 0 Å². The average Bonchev–Trinajstić information content (AvgIpc) is 2.75. The van der Waals surface area contributed by atoms with Crippen molar-refractivity contribution in [2.75, 3.05) is 0 Å². The number of hydrogen-bond acceptors (Lipinski definition) is 4. The molecule has 0 radical (unpaired) electrons. The molecule has 1 atom stereocenters. The Hall–Kier alpha value is -1.59. The Morgan fingerprint density at radius 3 is 2.94 bits per heavy atom. The molecule has 7 heteroatoms. The van der Waals surface area contributed by atoms with Crippen molar-refractivity contribution in [1.82, 2.24) is 15.2 Å². The van der Waals surface area contributed by atoms with Gasteiger partial charge in [0.2, 0.25) is 0 Å². The van der Waals surface area contributed by atoms with Crippen LogP contribution in [0.4, 0.5) is 0 Å². The summed E-state index contributed by atoms with van der Waals surface area (Å²) in [5.74, 6) is 0. The molecule has 1 unspecified atom stereocenters. The molecule has 0 aliphatic heterocycles. The fourth-order valence-corrected chi connectivity index (χ4v) is 1.97. The number of aromatic amines is 1. The van der Waals surface area contributed by atoms with Crippen molar-refractivity contribution in [3.05, 3.63) is 46.0 Å². The van der Waals surface area contributed by atoms with Gasteiger partial charge in [-0.3, -0.25) is 14.9 Å². The molecule has 0 spiro atoms. The quantitative estimate of drug-likeness (QED) is 0.858. The number of carbonyl (C=O) groups excluding carboxylic acids is 1. The lowest BCUT2D eigenvalue weighted by Crippen LogP contribution is -2.09. The fourth-order valence-electron chi connectivity index (χ4n) is 1.55. The molecule has 0 aromatic carbocycles. The molecule has 0 amide bonds. The monoisotopic (exact) mass is 285 g/mol. The van der Waals surface area contributed by atoms with E-state index >= 15 is 0 Å². The summed E-state index contributed by atoms with van der Waals surface area (Å²) in [7, 11) is 0. The third-order valence-corrected chi connectivity index (χ3v) is 2.83. The summed E-state index contributed by atoms with van der Waals surface area (Å²) in [6, 6.07) is 5.04. The zero-order valence-electron chi connectivity index (χ0n) is 9.14. The smallest absolute Gasteiger partial charge is 0.293 e. The molecule has 0 aliphatic rings. The number of H-pyrrole nitrogens is 1. The summed E-state index contributed by atoms with van der Waals surface area (Å²) in [5, 5.41) is 7.31. The van der Waals surface area contributed by atoms with E-state index in [2.05, 4.69) is 15.2 Å². The minimum Gasteiger partial charge on any atom is -0.458 e. The largest absolute Gasteiger partial charge is 0.458 e. The van der Waals surface area contributed by atoms with Gasteiger partial charge in [0.15, 0.2) is 11.3 Å². The molecule has 2 aromatic heterocycles. The lowest BCUT2D eigenvalue weighted by Gasteiger charge is -2.14. The number of carbonyl (C=O) groups is 1. The minimum absolute atomic E-state index is 0.349. The molecule has 94 valence electrons. The number of rotatable bonds is 5. The van der Waals surface area contributed by atoms with E-state index in [0.29, 0.717) is 28.8 Å². The van der Waals surface area contributed by atoms with Gasteiger partial charge in [-0.2, -0.15) is 5.10 Å². The summed E-state index contributed by atoms with van der Waals surface area (Å²) < 4.78 is 5.00. The van der Waals surface area contributed by atoms with Gasteiger partial charge in [-0.05, 0) is 18.2 Å². The maximum atomic E-state index is 10.6. The number of ether oxygens (including phenoxy) is 1. The van der Waals surface area contributed by atoms with E-state index in [1.807, 2.05) is 0 Å². The number of halogens is 2. The van der Waals surface area contributed by atoms with Gasteiger partial charge in [0.25, 0.3) is 6.47 Å². The van der Waals surface area contributed by atoms with Crippen LogP contribution in [0.15, 0.2) is 24.4 Å². The van der Waals surface area contributed by atoms with Crippen LogP contribution < -0.4 is 0 Å². The molecule has 0 bridgehead atoms. The van der Waals surface area contributed by atoms with Crippen molar-refractivity contribution in [2.45, 2.75) is 12.5 Å². The molecule has 1 N–H and O–H groups in total. The van der Waals surface area contributed by atoms with E-state index < -0.39 is 6.10 Å². The van der Waals surface area contributed by atoms with Crippen LogP contribution in [0.5, 0.6) is 0 Å². The number of nitrogens with one attached hydrogen (secondary N) is 1.